The molecule has 2 aromatic rings. The quantitative estimate of drug-likeness (QED) is 0.516. The molecule has 0 saturated heterocycles. The SMILES string of the molecule is CC1CCC2(C)C(CCC3C2CCC2(C)C(C(=O)C(C)n4nc5ccccc5n4)CCC32)C1. The number of nitrogens with zero attached hydrogens (tertiary/aromatic N) is 3. The predicted molar refractivity (Wildman–Crippen MR) is 132 cm³/mol. The minimum atomic E-state index is -0.288. The number of carbonyl (C=O) groups is 1. The molecular formula is C29H41N3O. The maximum absolute atomic E-state index is 13.9. The Morgan fingerprint density at radius 2 is 1.61 bits per heavy atom. The first-order valence-electron chi connectivity index (χ1n) is 13.7. The number of aromatic nitrogens is 3. The van der Waals surface area contributed by atoms with Crippen LogP contribution in [0, 0.1) is 46.3 Å². The van der Waals surface area contributed by atoms with Crippen molar-refractivity contribution in [2.24, 2.45) is 46.3 Å². The van der Waals surface area contributed by atoms with Crippen molar-refractivity contribution in [3.8, 4) is 0 Å². The Balaban J connectivity index is 1.24. The highest BCUT2D eigenvalue weighted by molar-refractivity contribution is 5.86. The average Bonchev–Trinajstić information content (AvgIpc) is 3.39. The van der Waals surface area contributed by atoms with Crippen molar-refractivity contribution in [1.82, 2.24) is 15.0 Å². The first-order chi connectivity index (χ1) is 15.8. The molecule has 4 nitrogen and oxygen atoms in total. The van der Waals surface area contributed by atoms with Crippen LogP contribution in [0.25, 0.3) is 11.0 Å². The number of rotatable bonds is 3. The van der Waals surface area contributed by atoms with Gasteiger partial charge in [0, 0.05) is 5.92 Å². The zero-order chi connectivity index (χ0) is 23.0. The summed E-state index contributed by atoms with van der Waals surface area (Å²) in [6.07, 6.45) is 12.0. The van der Waals surface area contributed by atoms with Gasteiger partial charge in [0.2, 0.25) is 0 Å². The van der Waals surface area contributed by atoms with Crippen molar-refractivity contribution in [2.45, 2.75) is 91.5 Å². The number of benzene rings is 1. The second kappa shape index (κ2) is 7.65. The molecule has 178 valence electrons. The van der Waals surface area contributed by atoms with E-state index in [4.69, 9.17) is 0 Å². The molecule has 0 amide bonds. The van der Waals surface area contributed by atoms with Crippen LogP contribution in [0.2, 0.25) is 0 Å². The lowest BCUT2D eigenvalue weighted by Gasteiger charge is -2.61. The molecule has 0 spiro atoms. The van der Waals surface area contributed by atoms with Crippen LogP contribution in [0.1, 0.15) is 91.5 Å². The molecule has 0 aliphatic heterocycles. The van der Waals surface area contributed by atoms with Gasteiger partial charge in [-0.25, -0.2) is 0 Å². The van der Waals surface area contributed by atoms with Crippen molar-refractivity contribution in [3.05, 3.63) is 24.3 Å². The van der Waals surface area contributed by atoms with Gasteiger partial charge in [0.05, 0.1) is 0 Å². The fourth-order valence-corrected chi connectivity index (χ4v) is 9.39. The smallest absolute Gasteiger partial charge is 0.162 e. The lowest BCUT2D eigenvalue weighted by Crippen LogP contribution is -2.54. The summed E-state index contributed by atoms with van der Waals surface area (Å²) < 4.78 is 0. The van der Waals surface area contributed by atoms with Crippen LogP contribution >= 0.6 is 0 Å². The number of hydrogen-bond donors (Lipinski definition) is 0. The maximum atomic E-state index is 13.9. The summed E-state index contributed by atoms with van der Waals surface area (Å²) in [7, 11) is 0. The summed E-state index contributed by atoms with van der Waals surface area (Å²) in [5.41, 5.74) is 2.45. The molecule has 4 aliphatic rings. The first kappa shape index (κ1) is 21.8. The Morgan fingerprint density at radius 3 is 2.33 bits per heavy atom. The predicted octanol–water partition coefficient (Wildman–Crippen LogP) is 6.86. The Kier molecular flexibility index (Phi) is 5.05. The topological polar surface area (TPSA) is 47.8 Å². The zero-order valence-corrected chi connectivity index (χ0v) is 21.0. The van der Waals surface area contributed by atoms with E-state index >= 15 is 0 Å². The van der Waals surface area contributed by atoms with E-state index in [2.05, 4.69) is 31.0 Å². The van der Waals surface area contributed by atoms with Crippen molar-refractivity contribution < 1.29 is 4.79 Å². The van der Waals surface area contributed by atoms with Crippen molar-refractivity contribution >= 4 is 16.8 Å². The minimum Gasteiger partial charge on any atom is -0.297 e. The van der Waals surface area contributed by atoms with E-state index in [1.807, 2.05) is 31.2 Å². The molecule has 4 aliphatic carbocycles. The molecule has 4 fully saturated rings. The van der Waals surface area contributed by atoms with E-state index in [1.54, 1.807) is 4.80 Å². The Labute approximate surface area is 198 Å². The summed E-state index contributed by atoms with van der Waals surface area (Å²) in [6.45, 7) is 9.60. The van der Waals surface area contributed by atoms with Crippen LogP contribution in [0.4, 0.5) is 0 Å². The van der Waals surface area contributed by atoms with E-state index in [-0.39, 0.29) is 17.4 Å². The lowest BCUT2D eigenvalue weighted by atomic mass is 9.44. The summed E-state index contributed by atoms with van der Waals surface area (Å²) in [6, 6.07) is 7.64. The van der Waals surface area contributed by atoms with Gasteiger partial charge in [-0.3, -0.25) is 4.79 Å². The highest BCUT2D eigenvalue weighted by Crippen LogP contribution is 2.68. The van der Waals surface area contributed by atoms with Gasteiger partial charge in [-0.05, 0) is 111 Å². The van der Waals surface area contributed by atoms with Gasteiger partial charge in [-0.1, -0.05) is 39.3 Å². The fourth-order valence-electron chi connectivity index (χ4n) is 9.39. The molecule has 6 rings (SSSR count). The van der Waals surface area contributed by atoms with E-state index in [0.717, 1.165) is 47.0 Å². The third-order valence-corrected chi connectivity index (χ3v) is 11.3. The second-order valence-corrected chi connectivity index (χ2v) is 12.8. The molecule has 4 saturated carbocycles. The number of fused-ring (bicyclic) bond motifs is 6. The van der Waals surface area contributed by atoms with Gasteiger partial charge in [0.1, 0.15) is 17.1 Å². The van der Waals surface area contributed by atoms with Crippen LogP contribution in [0.5, 0.6) is 0 Å². The van der Waals surface area contributed by atoms with Crippen molar-refractivity contribution in [1.29, 1.82) is 0 Å². The molecule has 33 heavy (non-hydrogen) atoms. The maximum Gasteiger partial charge on any atom is 0.162 e. The van der Waals surface area contributed by atoms with Gasteiger partial charge in [0.25, 0.3) is 0 Å². The molecule has 9 unspecified atom stereocenters. The minimum absolute atomic E-state index is 0.157. The largest absolute Gasteiger partial charge is 0.297 e. The zero-order valence-electron chi connectivity index (χ0n) is 21.0. The molecule has 0 bridgehead atoms. The molecule has 0 radical (unpaired) electrons. The number of Topliss-reactive ketones (excluding diaryl/α,β-unsaturated/α-hetero) is 1. The highest BCUT2D eigenvalue weighted by Gasteiger charge is 2.61. The number of ketones is 1. The molecule has 4 heteroatoms. The van der Waals surface area contributed by atoms with E-state index in [0.29, 0.717) is 11.2 Å². The molecule has 1 heterocycles. The van der Waals surface area contributed by atoms with Crippen LogP contribution in [0.3, 0.4) is 0 Å². The molecule has 1 aromatic heterocycles. The average molecular weight is 448 g/mol. The fraction of sp³-hybridized carbons (Fsp3) is 0.759. The van der Waals surface area contributed by atoms with Gasteiger partial charge < -0.3 is 0 Å². The highest BCUT2D eigenvalue weighted by atomic mass is 16.1. The summed E-state index contributed by atoms with van der Waals surface area (Å²) >= 11 is 0. The van der Waals surface area contributed by atoms with Gasteiger partial charge in [-0.15, -0.1) is 0 Å². The number of carbonyl (C=O) groups excluding carboxylic acids is 1. The van der Waals surface area contributed by atoms with E-state index in [9.17, 15) is 4.79 Å². The van der Waals surface area contributed by atoms with E-state index < -0.39 is 0 Å². The van der Waals surface area contributed by atoms with Crippen LogP contribution < -0.4 is 0 Å². The van der Waals surface area contributed by atoms with Crippen LogP contribution in [-0.2, 0) is 4.79 Å². The molecule has 0 N–H and O–H groups in total. The Bertz CT molecular complexity index is 1030. The van der Waals surface area contributed by atoms with Crippen LogP contribution in [0.15, 0.2) is 24.3 Å². The van der Waals surface area contributed by atoms with Crippen LogP contribution in [-0.4, -0.2) is 20.8 Å². The third kappa shape index (κ3) is 3.18. The first-order valence-corrected chi connectivity index (χ1v) is 13.7. The monoisotopic (exact) mass is 447 g/mol. The second-order valence-electron chi connectivity index (χ2n) is 12.8. The summed E-state index contributed by atoms with van der Waals surface area (Å²) in [5.74, 6) is 4.80. The normalized spacial score (nSPS) is 43.5. The lowest BCUT2D eigenvalue weighted by molar-refractivity contribution is -0.139. The van der Waals surface area contributed by atoms with Gasteiger partial charge >= 0.3 is 0 Å². The Morgan fingerprint density at radius 1 is 0.939 bits per heavy atom. The van der Waals surface area contributed by atoms with Gasteiger partial charge in [0.15, 0.2) is 5.78 Å². The molecule has 1 aromatic carbocycles. The van der Waals surface area contributed by atoms with E-state index in [1.165, 1.54) is 51.4 Å². The summed E-state index contributed by atoms with van der Waals surface area (Å²) in [4.78, 5) is 15.6. The standard InChI is InChI=1S/C29H41N3O/c1-18-13-15-28(3)20(17-18)9-10-21-22-11-12-24(29(22,4)16-14-23(21)28)27(33)19(2)32-30-25-7-5-6-8-26(25)31-32/h5-8,18-24H,9-17H2,1-4H3. The third-order valence-electron chi connectivity index (χ3n) is 11.3. The summed E-state index contributed by atoms with van der Waals surface area (Å²) in [5, 5.41) is 9.29. The Hall–Kier alpha value is -1.71. The molecular weight excluding hydrogens is 406 g/mol. The van der Waals surface area contributed by atoms with Gasteiger partial charge in [-0.2, -0.15) is 15.0 Å². The van der Waals surface area contributed by atoms with Crippen molar-refractivity contribution in [3.63, 3.8) is 0 Å². The van der Waals surface area contributed by atoms with Crippen molar-refractivity contribution in [2.75, 3.05) is 0 Å². The molecule has 9 atom stereocenters. The number of hydrogen-bond acceptors (Lipinski definition) is 3.